The number of nitro groups is 1. The van der Waals surface area contributed by atoms with E-state index in [1.807, 2.05) is 0 Å². The molecule has 0 bridgehead atoms. The summed E-state index contributed by atoms with van der Waals surface area (Å²) < 4.78 is 32.4. The van der Waals surface area contributed by atoms with Crippen LogP contribution < -0.4 is 5.32 Å². The molecule has 0 saturated heterocycles. The molecule has 0 aliphatic heterocycles. The zero-order chi connectivity index (χ0) is 20.4. The van der Waals surface area contributed by atoms with Gasteiger partial charge in [0, 0.05) is 16.5 Å². The Morgan fingerprint density at radius 2 is 1.93 bits per heavy atom. The van der Waals surface area contributed by atoms with Crippen LogP contribution in [-0.4, -0.2) is 22.9 Å². The third-order valence-electron chi connectivity index (χ3n) is 3.74. The predicted molar refractivity (Wildman–Crippen MR) is 98.3 cm³/mol. The third-order valence-corrected chi connectivity index (χ3v) is 4.84. The van der Waals surface area contributed by atoms with E-state index in [2.05, 4.69) is 5.32 Å². The van der Waals surface area contributed by atoms with Crippen molar-refractivity contribution >= 4 is 44.7 Å². The minimum absolute atomic E-state index is 0.0154. The molecule has 10 heteroatoms. The minimum Gasteiger partial charge on any atom is -0.448 e. The van der Waals surface area contributed by atoms with Gasteiger partial charge in [-0.2, -0.15) is 4.39 Å². The van der Waals surface area contributed by atoms with Crippen molar-refractivity contribution in [2.45, 2.75) is 13.0 Å². The van der Waals surface area contributed by atoms with Crippen molar-refractivity contribution < 1.29 is 28.0 Å². The van der Waals surface area contributed by atoms with Crippen molar-refractivity contribution in [3.05, 3.63) is 69.1 Å². The van der Waals surface area contributed by atoms with Crippen LogP contribution in [0.2, 0.25) is 0 Å². The van der Waals surface area contributed by atoms with Gasteiger partial charge in [-0.3, -0.25) is 14.9 Å². The number of amides is 1. The number of hydrogen-bond acceptors (Lipinski definition) is 6. The minimum atomic E-state index is -1.22. The standard InChI is InChI=1S/C18H12F2N2O5S/c1-9(17(23)21-12-3-4-13(20)14(8-12)22(25)26)27-18(24)16-7-10-6-11(19)2-5-15(10)28-16/h2-9H,1H3,(H,21,23)/t9-/m1/s1. The Morgan fingerprint density at radius 3 is 2.64 bits per heavy atom. The van der Waals surface area contributed by atoms with Crippen LogP contribution in [0, 0.1) is 21.7 Å². The van der Waals surface area contributed by atoms with Crippen LogP contribution in [-0.2, 0) is 9.53 Å². The summed E-state index contributed by atoms with van der Waals surface area (Å²) in [5.41, 5.74) is -0.807. The first-order valence-corrected chi connectivity index (χ1v) is 8.71. The van der Waals surface area contributed by atoms with Crippen molar-refractivity contribution in [3.63, 3.8) is 0 Å². The van der Waals surface area contributed by atoms with Gasteiger partial charge in [-0.15, -0.1) is 11.3 Å². The first kappa shape index (κ1) is 19.4. The lowest BCUT2D eigenvalue weighted by Crippen LogP contribution is -2.29. The number of carbonyl (C=O) groups excluding carboxylic acids is 2. The van der Waals surface area contributed by atoms with Gasteiger partial charge in [0.25, 0.3) is 5.91 Å². The van der Waals surface area contributed by atoms with Crippen LogP contribution >= 0.6 is 11.3 Å². The summed E-state index contributed by atoms with van der Waals surface area (Å²) in [6.45, 7) is 1.32. The van der Waals surface area contributed by atoms with E-state index in [0.717, 1.165) is 29.5 Å². The van der Waals surface area contributed by atoms with Gasteiger partial charge in [-0.1, -0.05) is 0 Å². The lowest BCUT2D eigenvalue weighted by molar-refractivity contribution is -0.387. The number of benzene rings is 2. The highest BCUT2D eigenvalue weighted by Gasteiger charge is 2.22. The zero-order valence-corrected chi connectivity index (χ0v) is 15.1. The van der Waals surface area contributed by atoms with Crippen molar-refractivity contribution in [3.8, 4) is 0 Å². The van der Waals surface area contributed by atoms with Gasteiger partial charge in [0.15, 0.2) is 6.10 Å². The Labute approximate surface area is 160 Å². The summed E-state index contributed by atoms with van der Waals surface area (Å²) in [6.07, 6.45) is -1.22. The molecule has 1 atom stereocenters. The maximum Gasteiger partial charge on any atom is 0.349 e. The second-order valence-electron chi connectivity index (χ2n) is 5.75. The summed E-state index contributed by atoms with van der Waals surface area (Å²) >= 11 is 1.09. The average molecular weight is 406 g/mol. The molecule has 1 amide bonds. The topological polar surface area (TPSA) is 98.5 Å². The SMILES string of the molecule is C[C@@H](OC(=O)c1cc2cc(F)ccc2s1)C(=O)Nc1ccc(F)c([N+](=O)[O-])c1. The number of ether oxygens (including phenoxy) is 1. The molecule has 0 unspecified atom stereocenters. The number of anilines is 1. The Hall–Kier alpha value is -3.40. The Kier molecular flexibility index (Phi) is 5.32. The fourth-order valence-corrected chi connectivity index (χ4v) is 3.29. The molecule has 0 aliphatic carbocycles. The number of nitrogens with zero attached hydrogens (tertiary/aromatic N) is 1. The monoisotopic (exact) mass is 406 g/mol. The molecule has 0 fully saturated rings. The van der Waals surface area contributed by atoms with Gasteiger partial charge in [0.1, 0.15) is 10.7 Å². The molecule has 3 rings (SSSR count). The van der Waals surface area contributed by atoms with Crippen LogP contribution in [0.1, 0.15) is 16.6 Å². The van der Waals surface area contributed by atoms with E-state index in [1.54, 1.807) is 0 Å². The largest absolute Gasteiger partial charge is 0.448 e. The van der Waals surface area contributed by atoms with Crippen LogP contribution in [0.4, 0.5) is 20.2 Å². The molecule has 0 spiro atoms. The van der Waals surface area contributed by atoms with Crippen molar-refractivity contribution in [1.82, 2.24) is 0 Å². The fourth-order valence-electron chi connectivity index (χ4n) is 2.36. The lowest BCUT2D eigenvalue weighted by atomic mass is 10.2. The highest BCUT2D eigenvalue weighted by atomic mass is 32.1. The lowest BCUT2D eigenvalue weighted by Gasteiger charge is -2.13. The Morgan fingerprint density at radius 1 is 1.18 bits per heavy atom. The number of rotatable bonds is 5. The molecule has 0 aliphatic rings. The summed E-state index contributed by atoms with van der Waals surface area (Å²) in [5, 5.41) is 13.6. The van der Waals surface area contributed by atoms with E-state index in [9.17, 15) is 28.5 Å². The average Bonchev–Trinajstić information content (AvgIpc) is 3.06. The molecule has 0 saturated carbocycles. The number of hydrogen-bond donors (Lipinski definition) is 1. The van der Waals surface area contributed by atoms with E-state index >= 15 is 0 Å². The summed E-state index contributed by atoms with van der Waals surface area (Å²) in [6, 6.07) is 8.40. The summed E-state index contributed by atoms with van der Waals surface area (Å²) in [7, 11) is 0. The number of halogens is 2. The number of carbonyl (C=O) groups is 2. The highest BCUT2D eigenvalue weighted by molar-refractivity contribution is 7.20. The van der Waals surface area contributed by atoms with Gasteiger partial charge >= 0.3 is 11.7 Å². The fraction of sp³-hybridized carbons (Fsp3) is 0.111. The number of fused-ring (bicyclic) bond motifs is 1. The summed E-state index contributed by atoms with van der Waals surface area (Å²) in [5.74, 6) is -2.99. The molecule has 1 aromatic heterocycles. The molecular weight excluding hydrogens is 394 g/mol. The van der Waals surface area contributed by atoms with Gasteiger partial charge in [0.2, 0.25) is 5.82 Å². The van der Waals surface area contributed by atoms with E-state index in [-0.39, 0.29) is 10.6 Å². The van der Waals surface area contributed by atoms with Crippen LogP contribution in [0.3, 0.4) is 0 Å². The Balaban J connectivity index is 1.68. The smallest absolute Gasteiger partial charge is 0.349 e. The van der Waals surface area contributed by atoms with Crippen molar-refractivity contribution in [1.29, 1.82) is 0 Å². The third kappa shape index (κ3) is 4.12. The van der Waals surface area contributed by atoms with E-state index < -0.39 is 40.2 Å². The molecule has 3 aromatic rings. The maximum atomic E-state index is 13.3. The second-order valence-corrected chi connectivity index (χ2v) is 6.84. The quantitative estimate of drug-likeness (QED) is 0.388. The van der Waals surface area contributed by atoms with E-state index in [0.29, 0.717) is 10.1 Å². The van der Waals surface area contributed by atoms with Crippen LogP contribution in [0.25, 0.3) is 10.1 Å². The molecule has 2 aromatic carbocycles. The molecule has 144 valence electrons. The highest BCUT2D eigenvalue weighted by Crippen LogP contribution is 2.27. The first-order valence-electron chi connectivity index (χ1n) is 7.89. The predicted octanol–water partition coefficient (Wildman–Crippen LogP) is 4.27. The van der Waals surface area contributed by atoms with Gasteiger partial charge in [0.05, 0.1) is 4.92 Å². The van der Waals surface area contributed by atoms with Gasteiger partial charge in [-0.05, 0) is 48.7 Å². The molecule has 1 heterocycles. The summed E-state index contributed by atoms with van der Waals surface area (Å²) in [4.78, 5) is 34.4. The second kappa shape index (κ2) is 7.69. The van der Waals surface area contributed by atoms with Gasteiger partial charge in [-0.25, -0.2) is 9.18 Å². The maximum absolute atomic E-state index is 13.3. The van der Waals surface area contributed by atoms with Crippen molar-refractivity contribution in [2.24, 2.45) is 0 Å². The normalized spacial score (nSPS) is 11.8. The number of nitro benzene ring substituents is 1. The van der Waals surface area contributed by atoms with E-state index in [1.165, 1.54) is 31.2 Å². The van der Waals surface area contributed by atoms with Crippen LogP contribution in [0.15, 0.2) is 42.5 Å². The Bertz CT molecular complexity index is 1100. The number of nitrogens with one attached hydrogen (secondary N) is 1. The zero-order valence-electron chi connectivity index (χ0n) is 14.3. The van der Waals surface area contributed by atoms with Gasteiger partial charge < -0.3 is 10.1 Å². The van der Waals surface area contributed by atoms with E-state index in [4.69, 9.17) is 4.74 Å². The molecule has 0 radical (unpaired) electrons. The molecule has 7 nitrogen and oxygen atoms in total. The molecule has 1 N–H and O–H groups in total. The molecule has 28 heavy (non-hydrogen) atoms. The molecular formula is C18H12F2N2O5S. The first-order chi connectivity index (χ1) is 13.2. The van der Waals surface area contributed by atoms with Crippen molar-refractivity contribution in [2.75, 3.05) is 5.32 Å². The number of esters is 1. The van der Waals surface area contributed by atoms with Crippen LogP contribution in [0.5, 0.6) is 0 Å². The number of thiophene rings is 1.